The molecule has 0 heterocycles. The standard InChI is InChI=1S/C15H19ClN2O5/c1-3-17-13(19)7-18-14(20)8-23-15(21)9-22-12-5-4-11(16)6-10(12)2/h4-6H,3,7-9H2,1-2H3,(H,17,19)(H,18,20). The molecular formula is C15H19ClN2O5. The number of ether oxygens (including phenoxy) is 2. The first kappa shape index (κ1) is 18.8. The second-order valence-electron chi connectivity index (χ2n) is 4.59. The van der Waals surface area contributed by atoms with E-state index in [9.17, 15) is 14.4 Å². The molecule has 0 aliphatic carbocycles. The lowest BCUT2D eigenvalue weighted by atomic mass is 10.2. The summed E-state index contributed by atoms with van der Waals surface area (Å²) in [6.45, 7) is 3.08. The third-order valence-corrected chi connectivity index (χ3v) is 2.90. The third kappa shape index (κ3) is 7.51. The predicted molar refractivity (Wildman–Crippen MR) is 84.3 cm³/mol. The zero-order chi connectivity index (χ0) is 17.2. The molecule has 0 aliphatic heterocycles. The molecule has 1 aromatic rings. The summed E-state index contributed by atoms with van der Waals surface area (Å²) >= 11 is 5.82. The zero-order valence-electron chi connectivity index (χ0n) is 13.0. The summed E-state index contributed by atoms with van der Waals surface area (Å²) in [5.41, 5.74) is 0.782. The maximum absolute atomic E-state index is 11.5. The Kier molecular flexibility index (Phi) is 7.90. The summed E-state index contributed by atoms with van der Waals surface area (Å²) in [5, 5.41) is 5.42. The minimum Gasteiger partial charge on any atom is -0.482 e. The highest BCUT2D eigenvalue weighted by atomic mass is 35.5. The van der Waals surface area contributed by atoms with Crippen LogP contribution in [-0.2, 0) is 19.1 Å². The van der Waals surface area contributed by atoms with Crippen molar-refractivity contribution in [2.24, 2.45) is 0 Å². The molecule has 0 aliphatic rings. The van der Waals surface area contributed by atoms with Crippen molar-refractivity contribution >= 4 is 29.4 Å². The fraction of sp³-hybridized carbons (Fsp3) is 0.400. The van der Waals surface area contributed by atoms with Crippen LogP contribution in [0, 0.1) is 6.92 Å². The topological polar surface area (TPSA) is 93.7 Å². The van der Waals surface area contributed by atoms with Crippen LogP contribution in [0.25, 0.3) is 0 Å². The first-order chi connectivity index (χ1) is 10.9. The fourth-order valence-electron chi connectivity index (χ4n) is 1.59. The van der Waals surface area contributed by atoms with E-state index in [1.807, 2.05) is 0 Å². The molecular weight excluding hydrogens is 324 g/mol. The molecule has 2 N–H and O–H groups in total. The molecule has 1 aromatic carbocycles. The van der Waals surface area contributed by atoms with Gasteiger partial charge in [-0.2, -0.15) is 0 Å². The van der Waals surface area contributed by atoms with Gasteiger partial charge >= 0.3 is 5.97 Å². The largest absolute Gasteiger partial charge is 0.482 e. The molecule has 0 unspecified atom stereocenters. The van der Waals surface area contributed by atoms with E-state index in [2.05, 4.69) is 10.6 Å². The van der Waals surface area contributed by atoms with Crippen LogP contribution in [-0.4, -0.2) is 44.1 Å². The number of hydrogen-bond acceptors (Lipinski definition) is 5. The molecule has 0 atom stereocenters. The molecule has 0 fully saturated rings. The van der Waals surface area contributed by atoms with E-state index in [0.29, 0.717) is 17.3 Å². The Labute approximate surface area is 139 Å². The highest BCUT2D eigenvalue weighted by Gasteiger charge is 2.10. The average Bonchev–Trinajstić information content (AvgIpc) is 2.50. The maximum atomic E-state index is 11.5. The molecule has 0 saturated heterocycles. The van der Waals surface area contributed by atoms with E-state index in [4.69, 9.17) is 21.1 Å². The van der Waals surface area contributed by atoms with Gasteiger partial charge in [0.05, 0.1) is 6.54 Å². The van der Waals surface area contributed by atoms with Gasteiger partial charge in [-0.05, 0) is 37.6 Å². The maximum Gasteiger partial charge on any atom is 0.344 e. The van der Waals surface area contributed by atoms with E-state index in [0.717, 1.165) is 5.56 Å². The van der Waals surface area contributed by atoms with Crippen LogP contribution < -0.4 is 15.4 Å². The number of benzene rings is 1. The number of likely N-dealkylation sites (N-methyl/N-ethyl adjacent to an activating group) is 1. The van der Waals surface area contributed by atoms with E-state index >= 15 is 0 Å². The van der Waals surface area contributed by atoms with Crippen LogP contribution in [0.5, 0.6) is 5.75 Å². The number of hydrogen-bond donors (Lipinski definition) is 2. The van der Waals surface area contributed by atoms with Gasteiger partial charge in [0.15, 0.2) is 13.2 Å². The fourth-order valence-corrected chi connectivity index (χ4v) is 1.82. The van der Waals surface area contributed by atoms with Gasteiger partial charge < -0.3 is 20.1 Å². The Morgan fingerprint density at radius 2 is 1.87 bits per heavy atom. The number of carbonyl (C=O) groups excluding carboxylic acids is 3. The first-order valence-electron chi connectivity index (χ1n) is 7.00. The van der Waals surface area contributed by atoms with Gasteiger partial charge in [0.2, 0.25) is 5.91 Å². The molecule has 7 nitrogen and oxygen atoms in total. The van der Waals surface area contributed by atoms with Crippen molar-refractivity contribution in [3.8, 4) is 5.75 Å². The summed E-state index contributed by atoms with van der Waals surface area (Å²) in [4.78, 5) is 34.0. The lowest BCUT2D eigenvalue weighted by Gasteiger charge is -2.09. The highest BCUT2D eigenvalue weighted by molar-refractivity contribution is 6.30. The molecule has 8 heteroatoms. The Morgan fingerprint density at radius 3 is 2.52 bits per heavy atom. The lowest BCUT2D eigenvalue weighted by molar-refractivity contribution is -0.150. The van der Waals surface area contributed by atoms with Crippen LogP contribution in [0.15, 0.2) is 18.2 Å². The first-order valence-corrected chi connectivity index (χ1v) is 7.38. The number of esters is 1. The van der Waals surface area contributed by atoms with Gasteiger partial charge in [0, 0.05) is 11.6 Å². The summed E-state index contributed by atoms with van der Waals surface area (Å²) in [5.74, 6) is -1.06. The van der Waals surface area contributed by atoms with Crippen LogP contribution in [0.1, 0.15) is 12.5 Å². The van der Waals surface area contributed by atoms with E-state index in [1.54, 1.807) is 32.0 Å². The van der Waals surface area contributed by atoms with E-state index in [-0.39, 0.29) is 19.1 Å². The van der Waals surface area contributed by atoms with Crippen LogP contribution in [0.3, 0.4) is 0 Å². The molecule has 23 heavy (non-hydrogen) atoms. The number of nitrogens with one attached hydrogen (secondary N) is 2. The average molecular weight is 343 g/mol. The Balaban J connectivity index is 2.26. The van der Waals surface area contributed by atoms with E-state index < -0.39 is 18.5 Å². The Bertz CT molecular complexity index is 577. The van der Waals surface area contributed by atoms with E-state index in [1.165, 1.54) is 0 Å². The highest BCUT2D eigenvalue weighted by Crippen LogP contribution is 2.21. The lowest BCUT2D eigenvalue weighted by Crippen LogP contribution is -2.38. The second kappa shape index (κ2) is 9.68. The molecule has 0 aromatic heterocycles. The molecule has 126 valence electrons. The van der Waals surface area contributed by atoms with Gasteiger partial charge in [0.1, 0.15) is 5.75 Å². The van der Waals surface area contributed by atoms with Crippen molar-refractivity contribution in [3.63, 3.8) is 0 Å². The molecule has 0 radical (unpaired) electrons. The van der Waals surface area contributed by atoms with Gasteiger partial charge in [-0.3, -0.25) is 9.59 Å². The van der Waals surface area contributed by atoms with Crippen molar-refractivity contribution in [1.29, 1.82) is 0 Å². The normalized spacial score (nSPS) is 9.87. The van der Waals surface area contributed by atoms with Crippen LogP contribution in [0.4, 0.5) is 0 Å². The second-order valence-corrected chi connectivity index (χ2v) is 5.03. The van der Waals surface area contributed by atoms with Crippen LogP contribution in [0.2, 0.25) is 5.02 Å². The van der Waals surface area contributed by atoms with Gasteiger partial charge in [-0.15, -0.1) is 0 Å². The number of amides is 2. The smallest absolute Gasteiger partial charge is 0.344 e. The monoisotopic (exact) mass is 342 g/mol. The minimum absolute atomic E-state index is 0.162. The SMILES string of the molecule is CCNC(=O)CNC(=O)COC(=O)COc1ccc(Cl)cc1C. The quantitative estimate of drug-likeness (QED) is 0.682. The van der Waals surface area contributed by atoms with Crippen molar-refractivity contribution < 1.29 is 23.9 Å². The summed E-state index contributed by atoms with van der Waals surface area (Å²) in [7, 11) is 0. The van der Waals surface area contributed by atoms with Gasteiger partial charge in [-0.25, -0.2) is 4.79 Å². The molecule has 2 amide bonds. The number of aryl methyl sites for hydroxylation is 1. The number of carbonyl (C=O) groups is 3. The van der Waals surface area contributed by atoms with Crippen molar-refractivity contribution in [2.75, 3.05) is 26.3 Å². The van der Waals surface area contributed by atoms with Gasteiger partial charge in [0.25, 0.3) is 5.91 Å². The number of halogens is 1. The predicted octanol–water partition coefficient (Wildman–Crippen LogP) is 0.823. The molecule has 0 saturated carbocycles. The molecule has 1 rings (SSSR count). The van der Waals surface area contributed by atoms with Crippen LogP contribution >= 0.6 is 11.6 Å². The van der Waals surface area contributed by atoms with Crippen molar-refractivity contribution in [2.45, 2.75) is 13.8 Å². The summed E-state index contributed by atoms with van der Waals surface area (Å²) in [6.07, 6.45) is 0. The zero-order valence-corrected chi connectivity index (χ0v) is 13.7. The third-order valence-electron chi connectivity index (χ3n) is 2.67. The Morgan fingerprint density at radius 1 is 1.13 bits per heavy atom. The summed E-state index contributed by atoms with van der Waals surface area (Å²) in [6, 6.07) is 4.99. The van der Waals surface area contributed by atoms with Crippen molar-refractivity contribution in [1.82, 2.24) is 10.6 Å². The minimum atomic E-state index is -0.687. The summed E-state index contributed by atoms with van der Waals surface area (Å²) < 4.78 is 10.0. The Hall–Kier alpha value is -2.28. The molecule has 0 bridgehead atoms. The molecule has 0 spiro atoms. The van der Waals surface area contributed by atoms with Gasteiger partial charge in [-0.1, -0.05) is 11.6 Å². The number of rotatable bonds is 8. The van der Waals surface area contributed by atoms with Crippen molar-refractivity contribution in [3.05, 3.63) is 28.8 Å².